The summed E-state index contributed by atoms with van der Waals surface area (Å²) in [5.41, 5.74) is 2.99. The van der Waals surface area contributed by atoms with Crippen LogP contribution in [0.5, 0.6) is 0 Å². The maximum atomic E-state index is 12.2. The van der Waals surface area contributed by atoms with Crippen molar-refractivity contribution in [3.05, 3.63) is 47.8 Å². The number of hydrogen-bond acceptors (Lipinski definition) is 3. The molecule has 0 saturated carbocycles. The predicted octanol–water partition coefficient (Wildman–Crippen LogP) is 2.22. The summed E-state index contributed by atoms with van der Waals surface area (Å²) in [6.45, 7) is 4.50. The van der Waals surface area contributed by atoms with Crippen molar-refractivity contribution < 1.29 is 9.59 Å². The summed E-state index contributed by atoms with van der Waals surface area (Å²) < 4.78 is 1.78. The summed E-state index contributed by atoms with van der Waals surface area (Å²) in [6, 6.07) is 7.37. The van der Waals surface area contributed by atoms with Crippen LogP contribution in [0.1, 0.15) is 37.4 Å². The van der Waals surface area contributed by atoms with Crippen molar-refractivity contribution in [2.75, 3.05) is 5.32 Å². The summed E-state index contributed by atoms with van der Waals surface area (Å²) in [6.07, 6.45) is 4.82. The molecule has 0 radical (unpaired) electrons. The normalized spacial score (nSPS) is 15.7. The Kier molecular flexibility index (Phi) is 5.02. The van der Waals surface area contributed by atoms with E-state index in [4.69, 9.17) is 0 Å². The Morgan fingerprint density at radius 2 is 2.16 bits per heavy atom. The number of carbonyl (C=O) groups is 2. The number of carbonyl (C=O) groups excluding carboxylic acids is 2. The first-order valence-corrected chi connectivity index (χ1v) is 8.48. The summed E-state index contributed by atoms with van der Waals surface area (Å²) in [5, 5.41) is 12.9. The Labute approximate surface area is 146 Å². The van der Waals surface area contributed by atoms with Gasteiger partial charge in [0.15, 0.2) is 0 Å². The van der Waals surface area contributed by atoms with Crippen molar-refractivity contribution in [3.8, 4) is 0 Å². The maximum Gasteiger partial charge on any atom is 0.315 e. The third-order valence-electron chi connectivity index (χ3n) is 4.27. The summed E-state index contributed by atoms with van der Waals surface area (Å²) in [4.78, 5) is 23.6. The Morgan fingerprint density at radius 3 is 2.92 bits per heavy atom. The molecule has 25 heavy (non-hydrogen) atoms. The number of anilines is 1. The molecule has 3 rings (SSSR count). The third-order valence-corrected chi connectivity index (χ3v) is 4.27. The van der Waals surface area contributed by atoms with E-state index in [1.54, 1.807) is 10.9 Å². The molecule has 7 heteroatoms. The van der Waals surface area contributed by atoms with Crippen molar-refractivity contribution in [2.45, 2.75) is 45.3 Å². The largest absolute Gasteiger partial charge is 0.334 e. The SMILES string of the molecule is C[C@@H](Cn1cccn1)NC(=O)N[C@H](C)c1ccc2c(c1)CCC(=O)N2. The zero-order chi connectivity index (χ0) is 17.8. The van der Waals surface area contributed by atoms with Gasteiger partial charge in [0.1, 0.15) is 0 Å². The van der Waals surface area contributed by atoms with Gasteiger partial charge in [-0.25, -0.2) is 4.79 Å². The van der Waals surface area contributed by atoms with Gasteiger partial charge in [-0.15, -0.1) is 0 Å². The smallest absolute Gasteiger partial charge is 0.315 e. The van der Waals surface area contributed by atoms with E-state index in [0.717, 1.165) is 23.2 Å². The quantitative estimate of drug-likeness (QED) is 0.779. The second-order valence-electron chi connectivity index (χ2n) is 6.43. The van der Waals surface area contributed by atoms with Crippen LogP contribution in [0.2, 0.25) is 0 Å². The number of amides is 3. The Morgan fingerprint density at radius 1 is 1.32 bits per heavy atom. The highest BCUT2D eigenvalue weighted by molar-refractivity contribution is 5.93. The lowest BCUT2D eigenvalue weighted by Crippen LogP contribution is -2.43. The molecule has 0 fully saturated rings. The molecule has 1 aromatic heterocycles. The van der Waals surface area contributed by atoms with Crippen LogP contribution in [0.25, 0.3) is 0 Å². The van der Waals surface area contributed by atoms with Gasteiger partial charge in [0.25, 0.3) is 0 Å². The lowest BCUT2D eigenvalue weighted by molar-refractivity contribution is -0.116. The first-order valence-electron chi connectivity index (χ1n) is 8.48. The van der Waals surface area contributed by atoms with Crippen LogP contribution < -0.4 is 16.0 Å². The van der Waals surface area contributed by atoms with E-state index >= 15 is 0 Å². The molecular formula is C18H23N5O2. The molecule has 3 amide bonds. The summed E-state index contributed by atoms with van der Waals surface area (Å²) >= 11 is 0. The minimum atomic E-state index is -0.210. The molecule has 1 aliphatic rings. The highest BCUT2D eigenvalue weighted by Gasteiger charge is 2.17. The first-order chi connectivity index (χ1) is 12.0. The number of aryl methyl sites for hydroxylation is 1. The molecular weight excluding hydrogens is 318 g/mol. The minimum Gasteiger partial charge on any atom is -0.334 e. The highest BCUT2D eigenvalue weighted by Crippen LogP contribution is 2.26. The fourth-order valence-corrected chi connectivity index (χ4v) is 2.95. The minimum absolute atomic E-state index is 0.0363. The molecule has 3 N–H and O–H groups in total. The van der Waals surface area contributed by atoms with E-state index in [-0.39, 0.29) is 24.0 Å². The number of urea groups is 1. The van der Waals surface area contributed by atoms with E-state index in [9.17, 15) is 9.59 Å². The van der Waals surface area contributed by atoms with Crippen LogP contribution in [-0.2, 0) is 17.8 Å². The van der Waals surface area contributed by atoms with E-state index in [1.165, 1.54) is 0 Å². The lowest BCUT2D eigenvalue weighted by atomic mass is 9.98. The molecule has 2 atom stereocenters. The molecule has 0 spiro atoms. The molecule has 2 heterocycles. The van der Waals surface area contributed by atoms with Crippen LogP contribution in [0.4, 0.5) is 10.5 Å². The Hall–Kier alpha value is -2.83. The zero-order valence-corrected chi connectivity index (χ0v) is 14.5. The molecule has 0 saturated heterocycles. The van der Waals surface area contributed by atoms with Crippen molar-refractivity contribution in [3.63, 3.8) is 0 Å². The number of nitrogens with one attached hydrogen (secondary N) is 3. The summed E-state index contributed by atoms with van der Waals surface area (Å²) in [7, 11) is 0. The van der Waals surface area contributed by atoms with Crippen LogP contribution in [0.3, 0.4) is 0 Å². The van der Waals surface area contributed by atoms with Crippen molar-refractivity contribution >= 4 is 17.6 Å². The van der Waals surface area contributed by atoms with Gasteiger partial charge in [0, 0.05) is 30.5 Å². The standard InChI is InChI=1S/C18H23N5O2/c1-12(11-23-9-3-8-19-23)20-18(25)21-13(2)14-4-6-16-15(10-14)5-7-17(24)22-16/h3-4,6,8-10,12-13H,5,7,11H2,1-2H3,(H,22,24)(H2,20,21,25)/t12-,13+/m0/s1. The van der Waals surface area contributed by atoms with Crippen molar-refractivity contribution in [2.24, 2.45) is 0 Å². The molecule has 0 unspecified atom stereocenters. The van der Waals surface area contributed by atoms with Gasteiger partial charge < -0.3 is 16.0 Å². The molecule has 1 aromatic carbocycles. The summed E-state index contributed by atoms with van der Waals surface area (Å²) in [5.74, 6) is 0.0528. The molecule has 1 aliphatic heterocycles. The number of fused-ring (bicyclic) bond motifs is 1. The van der Waals surface area contributed by atoms with Gasteiger partial charge in [-0.05, 0) is 43.5 Å². The molecule has 2 aromatic rings. The van der Waals surface area contributed by atoms with Gasteiger partial charge in [-0.3, -0.25) is 9.48 Å². The van der Waals surface area contributed by atoms with Gasteiger partial charge >= 0.3 is 6.03 Å². The Bertz CT molecular complexity index is 757. The van der Waals surface area contributed by atoms with Crippen molar-refractivity contribution in [1.29, 1.82) is 0 Å². The topological polar surface area (TPSA) is 88.1 Å². The van der Waals surface area contributed by atoms with E-state index in [0.29, 0.717) is 13.0 Å². The van der Waals surface area contributed by atoms with Crippen LogP contribution in [-0.4, -0.2) is 27.8 Å². The second kappa shape index (κ2) is 7.38. The zero-order valence-electron chi connectivity index (χ0n) is 14.5. The number of aromatic nitrogens is 2. The van der Waals surface area contributed by atoms with Crippen molar-refractivity contribution in [1.82, 2.24) is 20.4 Å². The second-order valence-corrected chi connectivity index (χ2v) is 6.43. The fourth-order valence-electron chi connectivity index (χ4n) is 2.95. The Balaban J connectivity index is 1.55. The first kappa shape index (κ1) is 17.0. The predicted molar refractivity (Wildman–Crippen MR) is 95.2 cm³/mol. The number of hydrogen-bond donors (Lipinski definition) is 3. The van der Waals surface area contributed by atoms with E-state index in [1.807, 2.05) is 44.3 Å². The number of benzene rings is 1. The highest BCUT2D eigenvalue weighted by atomic mass is 16.2. The average Bonchev–Trinajstić information content (AvgIpc) is 3.06. The maximum absolute atomic E-state index is 12.2. The number of nitrogens with zero attached hydrogens (tertiary/aromatic N) is 2. The third kappa shape index (κ3) is 4.37. The fraction of sp³-hybridized carbons (Fsp3) is 0.389. The van der Waals surface area contributed by atoms with Crippen LogP contribution >= 0.6 is 0 Å². The van der Waals surface area contributed by atoms with Gasteiger partial charge in [-0.2, -0.15) is 5.10 Å². The molecule has 0 aliphatic carbocycles. The van der Waals surface area contributed by atoms with E-state index < -0.39 is 0 Å². The van der Waals surface area contributed by atoms with Gasteiger partial charge in [-0.1, -0.05) is 12.1 Å². The molecule has 0 bridgehead atoms. The van der Waals surface area contributed by atoms with Gasteiger partial charge in [0.05, 0.1) is 12.6 Å². The average molecular weight is 341 g/mol. The van der Waals surface area contributed by atoms with E-state index in [2.05, 4.69) is 21.0 Å². The van der Waals surface area contributed by atoms with Crippen LogP contribution in [0, 0.1) is 0 Å². The monoisotopic (exact) mass is 341 g/mol. The molecule has 132 valence electrons. The van der Waals surface area contributed by atoms with Gasteiger partial charge in [0.2, 0.25) is 5.91 Å². The number of rotatable bonds is 5. The lowest BCUT2D eigenvalue weighted by Gasteiger charge is -2.21. The van der Waals surface area contributed by atoms with Crippen LogP contribution in [0.15, 0.2) is 36.7 Å². The molecule has 7 nitrogen and oxygen atoms in total.